The van der Waals surface area contributed by atoms with Crippen LogP contribution >= 0.6 is 15.9 Å². The second-order valence-corrected chi connectivity index (χ2v) is 5.71. The lowest BCUT2D eigenvalue weighted by Gasteiger charge is -1.96. The van der Waals surface area contributed by atoms with E-state index in [-0.39, 0.29) is 5.78 Å². The smallest absolute Gasteiger partial charge is 0.178 e. The van der Waals surface area contributed by atoms with Gasteiger partial charge in [0.15, 0.2) is 5.78 Å². The average molecular weight is 369 g/mol. The predicted octanol–water partition coefficient (Wildman–Crippen LogP) is 5.60. The molecule has 0 atom stereocenters. The quantitative estimate of drug-likeness (QED) is 0.550. The Morgan fingerprint density at radius 2 is 1.65 bits per heavy atom. The van der Waals surface area contributed by atoms with Crippen LogP contribution in [0, 0.1) is 0 Å². The first-order valence-electron chi connectivity index (χ1n) is 7.00. The molecule has 0 aliphatic carbocycles. The largest absolute Gasteiger partial charge is 0.465 e. The van der Waals surface area contributed by atoms with Crippen molar-refractivity contribution in [3.63, 3.8) is 0 Å². The van der Waals surface area contributed by atoms with Crippen molar-refractivity contribution in [3.8, 4) is 11.3 Å². The summed E-state index contributed by atoms with van der Waals surface area (Å²) < 4.78 is 11.9. The Labute approximate surface area is 142 Å². The lowest BCUT2D eigenvalue weighted by atomic mass is 10.2. The van der Waals surface area contributed by atoms with Gasteiger partial charge < -0.3 is 8.83 Å². The Hall–Kier alpha value is -2.59. The van der Waals surface area contributed by atoms with Crippen molar-refractivity contribution in [2.45, 2.75) is 0 Å². The lowest BCUT2D eigenvalue weighted by molar-refractivity contribution is -0.110. The second-order valence-electron chi connectivity index (χ2n) is 4.79. The lowest BCUT2D eigenvalue weighted by Crippen LogP contribution is -1.83. The number of furan rings is 2. The van der Waals surface area contributed by atoms with E-state index in [1.165, 1.54) is 12.2 Å². The fourth-order valence-corrected chi connectivity index (χ4v) is 2.25. The van der Waals surface area contributed by atoms with Crippen molar-refractivity contribution in [3.05, 3.63) is 82.9 Å². The van der Waals surface area contributed by atoms with Gasteiger partial charge in [-0.2, -0.15) is 0 Å². The van der Waals surface area contributed by atoms with Gasteiger partial charge in [-0.1, -0.05) is 28.1 Å². The summed E-state index contributed by atoms with van der Waals surface area (Å²) in [5.41, 5.74) is 0.983. The SMILES string of the molecule is O=C(/C=C\c1ccco1)/C=C/c1ccc(-c2ccc(Br)cc2)o1. The van der Waals surface area contributed by atoms with E-state index < -0.39 is 0 Å². The molecule has 114 valence electrons. The number of carbonyl (C=O) groups is 1. The standard InChI is InChI=1S/C19H13BrO3/c20-15-5-3-14(4-6-15)19-12-11-18(23-19)10-8-16(21)7-9-17-2-1-13-22-17/h1-13H/b9-7-,10-8+. The number of hydrogen-bond donors (Lipinski definition) is 0. The van der Waals surface area contributed by atoms with E-state index in [1.807, 2.05) is 36.4 Å². The van der Waals surface area contributed by atoms with Crippen LogP contribution in [0.25, 0.3) is 23.5 Å². The molecule has 0 fully saturated rings. The highest BCUT2D eigenvalue weighted by atomic mass is 79.9. The second kappa shape index (κ2) is 7.11. The van der Waals surface area contributed by atoms with Gasteiger partial charge in [0, 0.05) is 10.0 Å². The van der Waals surface area contributed by atoms with Crippen molar-refractivity contribution in [2.75, 3.05) is 0 Å². The first kappa shape index (κ1) is 15.3. The maximum Gasteiger partial charge on any atom is 0.178 e. The first-order valence-corrected chi connectivity index (χ1v) is 7.79. The minimum absolute atomic E-state index is 0.136. The number of ketones is 1. The van der Waals surface area contributed by atoms with E-state index in [4.69, 9.17) is 8.83 Å². The number of carbonyl (C=O) groups excluding carboxylic acids is 1. The van der Waals surface area contributed by atoms with Crippen LogP contribution in [-0.4, -0.2) is 5.78 Å². The Kier molecular flexibility index (Phi) is 4.74. The molecule has 3 rings (SSSR count). The monoisotopic (exact) mass is 368 g/mol. The molecule has 0 amide bonds. The van der Waals surface area contributed by atoms with Crippen LogP contribution < -0.4 is 0 Å². The summed E-state index contributed by atoms with van der Waals surface area (Å²) in [7, 11) is 0. The minimum Gasteiger partial charge on any atom is -0.465 e. The van der Waals surface area contributed by atoms with Gasteiger partial charge in [-0.3, -0.25) is 4.79 Å². The summed E-state index contributed by atoms with van der Waals surface area (Å²) in [6.07, 6.45) is 7.75. The highest BCUT2D eigenvalue weighted by molar-refractivity contribution is 9.10. The van der Waals surface area contributed by atoms with Crippen LogP contribution in [0.4, 0.5) is 0 Å². The summed E-state index contributed by atoms with van der Waals surface area (Å²) in [5, 5.41) is 0. The van der Waals surface area contributed by atoms with Crippen LogP contribution in [0.15, 0.2) is 80.3 Å². The number of rotatable bonds is 5. The topological polar surface area (TPSA) is 43.4 Å². The summed E-state index contributed by atoms with van der Waals surface area (Å²) in [5.74, 6) is 1.89. The van der Waals surface area contributed by atoms with Crippen LogP contribution in [0.5, 0.6) is 0 Å². The third kappa shape index (κ3) is 4.20. The van der Waals surface area contributed by atoms with Crippen molar-refractivity contribution in [1.29, 1.82) is 0 Å². The molecule has 0 unspecified atom stereocenters. The van der Waals surface area contributed by atoms with Gasteiger partial charge in [-0.25, -0.2) is 0 Å². The van der Waals surface area contributed by atoms with Crippen molar-refractivity contribution in [2.24, 2.45) is 0 Å². The molecule has 23 heavy (non-hydrogen) atoms. The van der Waals surface area contributed by atoms with Gasteiger partial charge in [0.05, 0.1) is 6.26 Å². The molecule has 0 aliphatic rings. The molecule has 0 bridgehead atoms. The summed E-state index contributed by atoms with van der Waals surface area (Å²) >= 11 is 3.40. The van der Waals surface area contributed by atoms with Gasteiger partial charge in [0.1, 0.15) is 17.3 Å². The Morgan fingerprint density at radius 1 is 0.913 bits per heavy atom. The van der Waals surface area contributed by atoms with E-state index in [0.29, 0.717) is 11.5 Å². The van der Waals surface area contributed by atoms with E-state index in [0.717, 1.165) is 15.8 Å². The molecule has 0 N–H and O–H groups in total. The molecule has 0 spiro atoms. The van der Waals surface area contributed by atoms with Crippen LogP contribution in [0.1, 0.15) is 11.5 Å². The molecular formula is C19H13BrO3. The van der Waals surface area contributed by atoms with Gasteiger partial charge in [0.25, 0.3) is 0 Å². The average Bonchev–Trinajstić information content (AvgIpc) is 3.23. The maximum absolute atomic E-state index is 11.8. The highest BCUT2D eigenvalue weighted by Gasteiger charge is 2.03. The summed E-state index contributed by atoms with van der Waals surface area (Å²) in [4.78, 5) is 11.8. The molecule has 0 radical (unpaired) electrons. The Morgan fingerprint density at radius 3 is 2.35 bits per heavy atom. The van der Waals surface area contributed by atoms with Gasteiger partial charge in [-0.15, -0.1) is 0 Å². The maximum atomic E-state index is 11.8. The molecule has 0 saturated carbocycles. The molecule has 2 aromatic heterocycles. The first-order chi connectivity index (χ1) is 11.2. The third-order valence-electron chi connectivity index (χ3n) is 3.12. The van der Waals surface area contributed by atoms with Crippen LogP contribution in [0.3, 0.4) is 0 Å². The van der Waals surface area contributed by atoms with Gasteiger partial charge in [-0.05, 0) is 60.7 Å². The molecule has 3 nitrogen and oxygen atoms in total. The molecule has 0 aliphatic heterocycles. The van der Waals surface area contributed by atoms with Crippen molar-refractivity contribution >= 4 is 33.9 Å². The van der Waals surface area contributed by atoms with E-state index in [9.17, 15) is 4.79 Å². The van der Waals surface area contributed by atoms with E-state index in [2.05, 4.69) is 15.9 Å². The third-order valence-corrected chi connectivity index (χ3v) is 3.65. The van der Waals surface area contributed by atoms with Gasteiger partial charge in [0.2, 0.25) is 0 Å². The summed E-state index contributed by atoms with van der Waals surface area (Å²) in [6.45, 7) is 0. The zero-order chi connectivity index (χ0) is 16.1. The predicted molar refractivity (Wildman–Crippen MR) is 93.6 cm³/mol. The molecular weight excluding hydrogens is 356 g/mol. The van der Waals surface area contributed by atoms with Crippen molar-refractivity contribution in [1.82, 2.24) is 0 Å². The van der Waals surface area contributed by atoms with Crippen molar-refractivity contribution < 1.29 is 13.6 Å². The Bertz CT molecular complexity index is 837. The number of benzene rings is 1. The zero-order valence-corrected chi connectivity index (χ0v) is 13.7. The fourth-order valence-electron chi connectivity index (χ4n) is 1.98. The van der Waals surface area contributed by atoms with Crippen LogP contribution in [-0.2, 0) is 4.79 Å². The van der Waals surface area contributed by atoms with Crippen LogP contribution in [0.2, 0.25) is 0 Å². The minimum atomic E-state index is -0.136. The summed E-state index contributed by atoms with van der Waals surface area (Å²) in [6, 6.07) is 15.1. The normalized spacial score (nSPS) is 11.5. The molecule has 0 saturated heterocycles. The Balaban J connectivity index is 1.66. The van der Waals surface area contributed by atoms with Gasteiger partial charge >= 0.3 is 0 Å². The molecule has 2 heterocycles. The number of halogens is 1. The van der Waals surface area contributed by atoms with E-state index in [1.54, 1.807) is 30.5 Å². The zero-order valence-electron chi connectivity index (χ0n) is 12.1. The van der Waals surface area contributed by atoms with E-state index >= 15 is 0 Å². The molecule has 1 aromatic carbocycles. The number of hydrogen-bond acceptors (Lipinski definition) is 3. The number of allylic oxidation sites excluding steroid dienone is 2. The highest BCUT2D eigenvalue weighted by Crippen LogP contribution is 2.24. The molecule has 4 heteroatoms. The fraction of sp³-hybridized carbons (Fsp3) is 0. The molecule has 3 aromatic rings.